The highest BCUT2D eigenvalue weighted by atomic mass is 35.5. The number of halogens is 4. The first-order chi connectivity index (χ1) is 13.1. The molecule has 152 valence electrons. The number of anilines is 1. The summed E-state index contributed by atoms with van der Waals surface area (Å²) >= 11 is 5.90. The maximum absolute atomic E-state index is 12.6. The standard InChI is InChI=1S/C19H19ClF3NO4/c1-3-16(25)24(18(4-2,17(26)27)12-7-5-6-8-12)13-9-10-15(14(20)11-13)28-19(21,22)23/h1,9-12H,4-8H2,2H3,(H,26,27). The van der Waals surface area contributed by atoms with Crippen molar-refractivity contribution < 1.29 is 32.6 Å². The lowest BCUT2D eigenvalue weighted by molar-refractivity contribution is -0.274. The number of amides is 1. The minimum absolute atomic E-state index is 0.00127. The number of benzene rings is 1. The van der Waals surface area contributed by atoms with Crippen LogP contribution in [-0.4, -0.2) is 28.9 Å². The molecule has 1 unspecified atom stereocenters. The molecule has 2 rings (SSSR count). The minimum Gasteiger partial charge on any atom is -0.479 e. The largest absolute Gasteiger partial charge is 0.573 e. The predicted octanol–water partition coefficient (Wildman–Crippen LogP) is 4.63. The number of nitrogens with zero attached hydrogens (tertiary/aromatic N) is 1. The van der Waals surface area contributed by atoms with Gasteiger partial charge in [-0.1, -0.05) is 31.4 Å². The average molecular weight is 418 g/mol. The summed E-state index contributed by atoms with van der Waals surface area (Å²) in [6.45, 7) is 1.63. The molecular formula is C19H19ClF3NO4. The summed E-state index contributed by atoms with van der Waals surface area (Å²) in [7, 11) is 0. The van der Waals surface area contributed by atoms with E-state index in [-0.39, 0.29) is 18.0 Å². The number of carbonyl (C=O) groups is 2. The molecule has 0 spiro atoms. The molecule has 9 heteroatoms. The van der Waals surface area contributed by atoms with Crippen LogP contribution in [0.3, 0.4) is 0 Å². The van der Waals surface area contributed by atoms with E-state index in [9.17, 15) is 27.9 Å². The van der Waals surface area contributed by atoms with Crippen LogP contribution >= 0.6 is 11.6 Å². The fraction of sp³-hybridized carbons (Fsp3) is 0.474. The second-order valence-electron chi connectivity index (χ2n) is 6.51. The molecule has 0 heterocycles. The average Bonchev–Trinajstić information content (AvgIpc) is 3.14. The Balaban J connectivity index is 2.59. The molecule has 1 aliphatic rings. The van der Waals surface area contributed by atoms with E-state index in [2.05, 4.69) is 4.74 Å². The second kappa shape index (κ2) is 8.31. The monoisotopic (exact) mass is 417 g/mol. The van der Waals surface area contributed by atoms with Gasteiger partial charge in [0, 0.05) is 5.69 Å². The maximum Gasteiger partial charge on any atom is 0.573 e. The van der Waals surface area contributed by atoms with Crippen molar-refractivity contribution in [2.45, 2.75) is 50.9 Å². The minimum atomic E-state index is -4.95. The van der Waals surface area contributed by atoms with Crippen molar-refractivity contribution in [1.82, 2.24) is 0 Å². The summed E-state index contributed by atoms with van der Waals surface area (Å²) in [4.78, 5) is 25.9. The summed E-state index contributed by atoms with van der Waals surface area (Å²) in [5, 5.41) is 9.64. The predicted molar refractivity (Wildman–Crippen MR) is 97.1 cm³/mol. The number of carboxylic acids is 1. The molecule has 1 amide bonds. The lowest BCUT2D eigenvalue weighted by Gasteiger charge is -2.43. The van der Waals surface area contributed by atoms with E-state index < -0.39 is 34.5 Å². The number of carboxylic acid groups (broad SMARTS) is 1. The van der Waals surface area contributed by atoms with Crippen molar-refractivity contribution in [1.29, 1.82) is 0 Å². The Labute approximate surface area is 165 Å². The van der Waals surface area contributed by atoms with Crippen LogP contribution < -0.4 is 9.64 Å². The number of rotatable bonds is 6. The molecule has 0 aromatic heterocycles. The van der Waals surface area contributed by atoms with Gasteiger partial charge in [0.25, 0.3) is 0 Å². The molecule has 1 aliphatic carbocycles. The smallest absolute Gasteiger partial charge is 0.479 e. The van der Waals surface area contributed by atoms with Crippen molar-refractivity contribution in [3.63, 3.8) is 0 Å². The molecular weight excluding hydrogens is 399 g/mol. The lowest BCUT2D eigenvalue weighted by Crippen LogP contribution is -2.61. The van der Waals surface area contributed by atoms with Gasteiger partial charge in [0.15, 0.2) is 0 Å². The number of hydrogen-bond donors (Lipinski definition) is 1. The van der Waals surface area contributed by atoms with Gasteiger partial charge in [-0.25, -0.2) is 4.79 Å². The fourth-order valence-electron chi connectivity index (χ4n) is 3.88. The van der Waals surface area contributed by atoms with E-state index in [0.717, 1.165) is 35.9 Å². The SMILES string of the molecule is C#CC(=O)N(c1ccc(OC(F)(F)F)c(Cl)c1)C(CC)(C(=O)O)C1CCCC1. The number of alkyl halides is 3. The number of carbonyl (C=O) groups excluding carboxylic acids is 1. The van der Waals surface area contributed by atoms with Crippen LogP contribution in [0.2, 0.25) is 5.02 Å². The van der Waals surface area contributed by atoms with E-state index in [4.69, 9.17) is 18.0 Å². The first kappa shape index (κ1) is 21.9. The molecule has 0 radical (unpaired) electrons. The van der Waals surface area contributed by atoms with Crippen molar-refractivity contribution in [2.75, 3.05) is 4.90 Å². The van der Waals surface area contributed by atoms with E-state index >= 15 is 0 Å². The van der Waals surface area contributed by atoms with Crippen LogP contribution in [0.1, 0.15) is 39.0 Å². The van der Waals surface area contributed by atoms with Gasteiger partial charge >= 0.3 is 18.2 Å². The molecule has 1 fully saturated rings. The van der Waals surface area contributed by atoms with Gasteiger partial charge in [-0.05, 0) is 49.3 Å². The quantitative estimate of drug-likeness (QED) is 0.685. The molecule has 1 atom stereocenters. The Morgan fingerprint density at radius 2 is 1.96 bits per heavy atom. The zero-order chi connectivity index (χ0) is 21.1. The zero-order valence-corrected chi connectivity index (χ0v) is 15.8. The van der Waals surface area contributed by atoms with Gasteiger partial charge < -0.3 is 9.84 Å². The second-order valence-corrected chi connectivity index (χ2v) is 6.92. The van der Waals surface area contributed by atoms with Crippen molar-refractivity contribution in [3.8, 4) is 18.1 Å². The highest BCUT2D eigenvalue weighted by molar-refractivity contribution is 6.32. The Morgan fingerprint density at radius 1 is 1.36 bits per heavy atom. The van der Waals surface area contributed by atoms with E-state index in [1.165, 1.54) is 0 Å². The van der Waals surface area contributed by atoms with Gasteiger partial charge in [-0.15, -0.1) is 19.6 Å². The molecule has 0 bridgehead atoms. The third-order valence-corrected chi connectivity index (χ3v) is 5.36. The summed E-state index contributed by atoms with van der Waals surface area (Å²) in [5.74, 6) is -1.22. The van der Waals surface area contributed by atoms with Gasteiger partial charge in [0.2, 0.25) is 0 Å². The number of ether oxygens (including phenoxy) is 1. The Kier molecular flexibility index (Phi) is 6.50. The third-order valence-electron chi connectivity index (χ3n) is 5.06. The topological polar surface area (TPSA) is 66.8 Å². The number of aliphatic carboxylic acids is 1. The molecule has 0 aliphatic heterocycles. The number of terminal acetylenes is 1. The van der Waals surface area contributed by atoms with Crippen LogP contribution in [0.25, 0.3) is 0 Å². The lowest BCUT2D eigenvalue weighted by atomic mass is 9.78. The highest BCUT2D eigenvalue weighted by Gasteiger charge is 2.52. The van der Waals surface area contributed by atoms with Crippen LogP contribution in [0.5, 0.6) is 5.75 Å². The first-order valence-corrected chi connectivity index (χ1v) is 9.04. The van der Waals surface area contributed by atoms with Crippen LogP contribution in [0.4, 0.5) is 18.9 Å². The van der Waals surface area contributed by atoms with Crippen LogP contribution in [-0.2, 0) is 9.59 Å². The van der Waals surface area contributed by atoms with Crippen LogP contribution in [0.15, 0.2) is 18.2 Å². The third kappa shape index (κ3) is 4.20. The molecule has 1 aromatic carbocycles. The van der Waals surface area contributed by atoms with E-state index in [1.54, 1.807) is 6.92 Å². The van der Waals surface area contributed by atoms with E-state index in [0.29, 0.717) is 12.8 Å². The van der Waals surface area contributed by atoms with Gasteiger partial charge in [-0.2, -0.15) is 0 Å². The summed E-state index contributed by atoms with van der Waals surface area (Å²) in [6.07, 6.45) is 3.21. The van der Waals surface area contributed by atoms with Gasteiger partial charge in [0.1, 0.15) is 11.3 Å². The van der Waals surface area contributed by atoms with Crippen LogP contribution in [0, 0.1) is 18.3 Å². The Hall–Kier alpha value is -2.40. The Morgan fingerprint density at radius 3 is 2.39 bits per heavy atom. The molecule has 0 saturated heterocycles. The molecule has 1 N–H and O–H groups in total. The first-order valence-electron chi connectivity index (χ1n) is 8.66. The van der Waals surface area contributed by atoms with Gasteiger partial charge in [-0.3, -0.25) is 9.69 Å². The van der Waals surface area contributed by atoms with E-state index in [1.807, 2.05) is 5.92 Å². The van der Waals surface area contributed by atoms with Crippen molar-refractivity contribution in [3.05, 3.63) is 23.2 Å². The van der Waals surface area contributed by atoms with Gasteiger partial charge in [0.05, 0.1) is 5.02 Å². The molecule has 5 nitrogen and oxygen atoms in total. The summed E-state index contributed by atoms with van der Waals surface area (Å²) < 4.78 is 41.2. The molecule has 28 heavy (non-hydrogen) atoms. The zero-order valence-electron chi connectivity index (χ0n) is 15.1. The molecule has 1 saturated carbocycles. The molecule has 1 aromatic rings. The summed E-state index contributed by atoms with van der Waals surface area (Å²) in [6, 6.07) is 3.13. The normalized spacial score (nSPS) is 16.9. The maximum atomic E-state index is 12.6. The van der Waals surface area contributed by atoms with Crippen molar-refractivity contribution >= 4 is 29.2 Å². The Bertz CT molecular complexity index is 799. The van der Waals surface area contributed by atoms with Crippen molar-refractivity contribution in [2.24, 2.45) is 5.92 Å². The number of hydrogen-bond acceptors (Lipinski definition) is 3. The highest BCUT2D eigenvalue weighted by Crippen LogP contribution is 2.44. The summed E-state index contributed by atoms with van der Waals surface area (Å²) in [5.41, 5.74) is -1.63. The fourth-order valence-corrected chi connectivity index (χ4v) is 4.10.